The molecule has 0 spiro atoms. The molecule has 2 aromatic carbocycles. The number of nitrogens with one attached hydrogen (secondary N) is 1. The van der Waals surface area contributed by atoms with Crippen molar-refractivity contribution in [2.24, 2.45) is 0 Å². The molecule has 0 radical (unpaired) electrons. The summed E-state index contributed by atoms with van der Waals surface area (Å²) in [6, 6.07) is 8.93. The Morgan fingerprint density at radius 1 is 1.29 bits per heavy atom. The van der Waals surface area contributed by atoms with E-state index in [4.69, 9.17) is 4.74 Å². The van der Waals surface area contributed by atoms with Gasteiger partial charge in [0.05, 0.1) is 23.8 Å². The molecule has 0 atom stereocenters. The van der Waals surface area contributed by atoms with E-state index in [-0.39, 0.29) is 11.5 Å². The van der Waals surface area contributed by atoms with E-state index in [1.165, 1.54) is 31.4 Å². The number of nitro groups is 1. The van der Waals surface area contributed by atoms with Gasteiger partial charge < -0.3 is 10.1 Å². The number of benzene rings is 2. The SMILES string of the molecule is COc1cc([N+](=O)[O-])ccc1NCc1ccc(F)cc1C. The van der Waals surface area contributed by atoms with Gasteiger partial charge in [-0.2, -0.15) is 0 Å². The Morgan fingerprint density at radius 3 is 2.67 bits per heavy atom. The van der Waals surface area contributed by atoms with Crippen LogP contribution in [-0.2, 0) is 6.54 Å². The van der Waals surface area contributed by atoms with E-state index in [0.29, 0.717) is 18.0 Å². The van der Waals surface area contributed by atoms with Crippen LogP contribution < -0.4 is 10.1 Å². The molecule has 0 amide bonds. The smallest absolute Gasteiger partial charge is 0.273 e. The molecule has 21 heavy (non-hydrogen) atoms. The molecule has 0 heterocycles. The van der Waals surface area contributed by atoms with E-state index in [9.17, 15) is 14.5 Å². The van der Waals surface area contributed by atoms with Gasteiger partial charge in [-0.05, 0) is 36.2 Å². The zero-order valence-corrected chi connectivity index (χ0v) is 11.7. The van der Waals surface area contributed by atoms with Crippen molar-refractivity contribution in [3.63, 3.8) is 0 Å². The fourth-order valence-corrected chi connectivity index (χ4v) is 1.99. The van der Waals surface area contributed by atoms with Crippen molar-refractivity contribution in [3.05, 3.63) is 63.5 Å². The molecule has 5 nitrogen and oxygen atoms in total. The molecule has 6 heteroatoms. The van der Waals surface area contributed by atoms with Gasteiger partial charge in [0.2, 0.25) is 0 Å². The van der Waals surface area contributed by atoms with E-state index in [0.717, 1.165) is 11.1 Å². The Morgan fingerprint density at radius 2 is 2.05 bits per heavy atom. The minimum atomic E-state index is -0.476. The molecule has 0 aliphatic heterocycles. The summed E-state index contributed by atoms with van der Waals surface area (Å²) in [5, 5.41) is 13.9. The van der Waals surface area contributed by atoms with Crippen LogP contribution in [0.15, 0.2) is 36.4 Å². The number of halogens is 1. The van der Waals surface area contributed by atoms with E-state index in [2.05, 4.69) is 5.32 Å². The number of nitro benzene ring substituents is 1. The molecule has 0 aliphatic carbocycles. The van der Waals surface area contributed by atoms with E-state index in [1.807, 2.05) is 6.92 Å². The number of anilines is 1. The predicted molar refractivity (Wildman–Crippen MR) is 78.1 cm³/mol. The zero-order chi connectivity index (χ0) is 15.4. The van der Waals surface area contributed by atoms with Crippen LogP contribution in [0.25, 0.3) is 0 Å². The number of nitrogens with zero attached hydrogens (tertiary/aromatic N) is 1. The van der Waals surface area contributed by atoms with Crippen LogP contribution >= 0.6 is 0 Å². The molecule has 2 rings (SSSR count). The summed E-state index contributed by atoms with van der Waals surface area (Å²) < 4.78 is 18.2. The van der Waals surface area contributed by atoms with Crippen molar-refractivity contribution in [3.8, 4) is 5.75 Å². The highest BCUT2D eigenvalue weighted by molar-refractivity contribution is 5.61. The van der Waals surface area contributed by atoms with Gasteiger partial charge in [-0.25, -0.2) is 4.39 Å². The highest BCUT2D eigenvalue weighted by Crippen LogP contribution is 2.29. The Hall–Kier alpha value is -2.63. The first-order valence-corrected chi connectivity index (χ1v) is 6.32. The van der Waals surface area contributed by atoms with E-state index < -0.39 is 4.92 Å². The molecule has 0 bridgehead atoms. The third-order valence-corrected chi connectivity index (χ3v) is 3.17. The second kappa shape index (κ2) is 6.21. The summed E-state index contributed by atoms with van der Waals surface area (Å²) in [6.45, 7) is 2.30. The molecule has 1 N–H and O–H groups in total. The Labute approximate surface area is 121 Å². The Balaban J connectivity index is 2.17. The minimum absolute atomic E-state index is 0.0321. The average molecular weight is 290 g/mol. The summed E-state index contributed by atoms with van der Waals surface area (Å²) in [5.41, 5.74) is 2.39. The Bertz CT molecular complexity index is 674. The lowest BCUT2D eigenvalue weighted by Crippen LogP contribution is -2.03. The van der Waals surface area contributed by atoms with Crippen LogP contribution in [0.1, 0.15) is 11.1 Å². The molecule has 110 valence electrons. The number of aryl methyl sites for hydroxylation is 1. The minimum Gasteiger partial charge on any atom is -0.494 e. The quantitative estimate of drug-likeness (QED) is 0.674. The van der Waals surface area contributed by atoms with Gasteiger partial charge >= 0.3 is 0 Å². The molecule has 0 unspecified atom stereocenters. The van der Waals surface area contributed by atoms with Crippen LogP contribution in [0.3, 0.4) is 0 Å². The highest BCUT2D eigenvalue weighted by atomic mass is 19.1. The maximum atomic E-state index is 13.0. The lowest BCUT2D eigenvalue weighted by Gasteiger charge is -2.12. The number of methoxy groups -OCH3 is 1. The summed E-state index contributed by atoms with van der Waals surface area (Å²) >= 11 is 0. The van der Waals surface area contributed by atoms with Gasteiger partial charge in [0.25, 0.3) is 5.69 Å². The monoisotopic (exact) mass is 290 g/mol. The summed E-state index contributed by atoms with van der Waals surface area (Å²) in [7, 11) is 1.45. The van der Waals surface area contributed by atoms with Crippen LogP contribution in [0, 0.1) is 22.9 Å². The largest absolute Gasteiger partial charge is 0.494 e. The average Bonchev–Trinajstić information content (AvgIpc) is 2.46. The van der Waals surface area contributed by atoms with Gasteiger partial charge in [-0.3, -0.25) is 10.1 Å². The Kier molecular flexibility index (Phi) is 4.37. The standard InChI is InChI=1S/C15H15FN2O3/c1-10-7-12(16)4-3-11(10)9-17-14-6-5-13(18(19)20)8-15(14)21-2/h3-8,17H,9H2,1-2H3. The van der Waals surface area contributed by atoms with Gasteiger partial charge in [-0.15, -0.1) is 0 Å². The van der Waals surface area contributed by atoms with Gasteiger partial charge in [0.15, 0.2) is 0 Å². The van der Waals surface area contributed by atoms with Gasteiger partial charge in [-0.1, -0.05) is 6.07 Å². The number of ether oxygens (including phenoxy) is 1. The van der Waals surface area contributed by atoms with Crippen LogP contribution in [-0.4, -0.2) is 12.0 Å². The van der Waals surface area contributed by atoms with Crippen LogP contribution in [0.4, 0.5) is 15.8 Å². The zero-order valence-electron chi connectivity index (χ0n) is 11.7. The van der Waals surface area contributed by atoms with Crippen molar-refractivity contribution in [1.82, 2.24) is 0 Å². The second-order valence-electron chi connectivity index (χ2n) is 4.57. The van der Waals surface area contributed by atoms with Crippen molar-refractivity contribution in [2.75, 3.05) is 12.4 Å². The van der Waals surface area contributed by atoms with Crippen LogP contribution in [0.2, 0.25) is 0 Å². The molecule has 0 saturated heterocycles. The van der Waals surface area contributed by atoms with Gasteiger partial charge in [0.1, 0.15) is 11.6 Å². The third kappa shape index (κ3) is 3.47. The molecular formula is C15H15FN2O3. The number of hydrogen-bond acceptors (Lipinski definition) is 4. The fraction of sp³-hybridized carbons (Fsp3) is 0.200. The first kappa shape index (κ1) is 14.8. The maximum Gasteiger partial charge on any atom is 0.273 e. The third-order valence-electron chi connectivity index (χ3n) is 3.17. The van der Waals surface area contributed by atoms with Crippen molar-refractivity contribution >= 4 is 11.4 Å². The second-order valence-corrected chi connectivity index (χ2v) is 4.57. The molecule has 0 aliphatic rings. The van der Waals surface area contributed by atoms with Crippen molar-refractivity contribution in [2.45, 2.75) is 13.5 Å². The topological polar surface area (TPSA) is 64.4 Å². The normalized spacial score (nSPS) is 10.2. The van der Waals surface area contributed by atoms with Gasteiger partial charge in [0, 0.05) is 12.6 Å². The molecule has 0 aromatic heterocycles. The van der Waals surface area contributed by atoms with Crippen molar-refractivity contribution < 1.29 is 14.1 Å². The molecule has 0 saturated carbocycles. The number of non-ortho nitro benzene ring substituents is 1. The first-order chi connectivity index (χ1) is 10.0. The van der Waals surface area contributed by atoms with Crippen LogP contribution in [0.5, 0.6) is 5.75 Å². The first-order valence-electron chi connectivity index (χ1n) is 6.32. The molecular weight excluding hydrogens is 275 g/mol. The molecule has 0 fully saturated rings. The van der Waals surface area contributed by atoms with Crippen molar-refractivity contribution in [1.29, 1.82) is 0 Å². The highest BCUT2D eigenvalue weighted by Gasteiger charge is 2.11. The fourth-order valence-electron chi connectivity index (χ4n) is 1.99. The van der Waals surface area contributed by atoms with E-state index in [1.54, 1.807) is 12.1 Å². The lowest BCUT2D eigenvalue weighted by molar-refractivity contribution is -0.384. The summed E-state index contributed by atoms with van der Waals surface area (Å²) in [5.74, 6) is 0.119. The lowest BCUT2D eigenvalue weighted by atomic mass is 10.1. The summed E-state index contributed by atoms with van der Waals surface area (Å²) in [6.07, 6.45) is 0. The summed E-state index contributed by atoms with van der Waals surface area (Å²) in [4.78, 5) is 10.3. The number of hydrogen-bond donors (Lipinski definition) is 1. The predicted octanol–water partition coefficient (Wildman–Crippen LogP) is 3.66. The molecule has 2 aromatic rings. The number of rotatable bonds is 5. The maximum absolute atomic E-state index is 13.0. The van der Waals surface area contributed by atoms with E-state index >= 15 is 0 Å².